The van der Waals surface area contributed by atoms with Crippen molar-refractivity contribution >= 4 is 23.2 Å². The van der Waals surface area contributed by atoms with Gasteiger partial charge in [0.2, 0.25) is 0 Å². The molecule has 0 spiro atoms. The Morgan fingerprint density at radius 1 is 1.26 bits per heavy atom. The average Bonchev–Trinajstić information content (AvgIpc) is 2.37. The molecule has 0 fully saturated rings. The van der Waals surface area contributed by atoms with Crippen LogP contribution in [0.1, 0.15) is 15.9 Å². The zero-order valence-corrected chi connectivity index (χ0v) is 10.8. The minimum Gasteiger partial charge on any atom is -0.508 e. The van der Waals surface area contributed by atoms with Gasteiger partial charge in [-0.2, -0.15) is 0 Å². The maximum atomic E-state index is 13.2. The van der Waals surface area contributed by atoms with Gasteiger partial charge in [0, 0.05) is 17.3 Å². The van der Waals surface area contributed by atoms with Gasteiger partial charge in [-0.15, -0.1) is 0 Å². The summed E-state index contributed by atoms with van der Waals surface area (Å²) in [5.74, 6) is -1.04. The van der Waals surface area contributed by atoms with Gasteiger partial charge in [0.25, 0.3) is 5.91 Å². The second kappa shape index (κ2) is 5.28. The van der Waals surface area contributed by atoms with E-state index < -0.39 is 11.7 Å². The van der Waals surface area contributed by atoms with Gasteiger partial charge in [0.05, 0.1) is 5.02 Å². The van der Waals surface area contributed by atoms with E-state index in [0.717, 1.165) is 6.07 Å². The zero-order valence-electron chi connectivity index (χ0n) is 10.1. The monoisotopic (exact) mass is 279 g/mol. The quantitative estimate of drug-likeness (QED) is 0.880. The fourth-order valence-corrected chi connectivity index (χ4v) is 1.65. The van der Waals surface area contributed by atoms with Gasteiger partial charge in [0.15, 0.2) is 0 Å². The van der Waals surface area contributed by atoms with Crippen molar-refractivity contribution in [3.05, 3.63) is 58.4 Å². The number of carbonyl (C=O) groups is 1. The van der Waals surface area contributed by atoms with E-state index in [9.17, 15) is 14.3 Å². The molecular weight excluding hydrogens is 269 g/mol. The number of phenolic OH excluding ortho intramolecular Hbond substituents is 1. The van der Waals surface area contributed by atoms with Crippen LogP contribution in [0.3, 0.4) is 0 Å². The molecule has 2 aromatic rings. The molecule has 0 saturated heterocycles. The molecule has 0 saturated carbocycles. The van der Waals surface area contributed by atoms with Gasteiger partial charge in [-0.1, -0.05) is 17.7 Å². The second-order valence-corrected chi connectivity index (χ2v) is 4.49. The van der Waals surface area contributed by atoms with Gasteiger partial charge in [-0.3, -0.25) is 4.79 Å². The number of nitrogens with one attached hydrogen (secondary N) is 1. The lowest BCUT2D eigenvalue weighted by Gasteiger charge is -2.07. The van der Waals surface area contributed by atoms with Crippen molar-refractivity contribution < 1.29 is 14.3 Å². The number of hydrogen-bond donors (Lipinski definition) is 2. The summed E-state index contributed by atoms with van der Waals surface area (Å²) in [6.45, 7) is 1.75. The van der Waals surface area contributed by atoms with Crippen LogP contribution in [-0.2, 0) is 0 Å². The van der Waals surface area contributed by atoms with Crippen molar-refractivity contribution in [2.24, 2.45) is 0 Å². The third kappa shape index (κ3) is 3.03. The topological polar surface area (TPSA) is 49.3 Å². The van der Waals surface area contributed by atoms with E-state index in [1.165, 1.54) is 18.2 Å². The van der Waals surface area contributed by atoms with E-state index in [-0.39, 0.29) is 16.3 Å². The first-order valence-corrected chi connectivity index (χ1v) is 5.91. The number of benzene rings is 2. The highest BCUT2D eigenvalue weighted by atomic mass is 35.5. The van der Waals surface area contributed by atoms with E-state index in [4.69, 9.17) is 11.6 Å². The highest BCUT2D eigenvalue weighted by Gasteiger charge is 2.09. The molecule has 0 aliphatic carbocycles. The smallest absolute Gasteiger partial charge is 0.255 e. The molecule has 0 heterocycles. The molecule has 19 heavy (non-hydrogen) atoms. The first-order valence-electron chi connectivity index (χ1n) is 5.53. The first-order chi connectivity index (χ1) is 8.97. The van der Waals surface area contributed by atoms with Gasteiger partial charge >= 0.3 is 0 Å². The summed E-state index contributed by atoms with van der Waals surface area (Å²) in [5.41, 5.74) is 1.29. The van der Waals surface area contributed by atoms with Crippen LogP contribution in [0.25, 0.3) is 0 Å². The number of halogens is 2. The van der Waals surface area contributed by atoms with E-state index in [1.807, 2.05) is 0 Å². The maximum Gasteiger partial charge on any atom is 0.255 e. The van der Waals surface area contributed by atoms with Crippen LogP contribution in [-0.4, -0.2) is 11.0 Å². The lowest BCUT2D eigenvalue weighted by atomic mass is 10.1. The van der Waals surface area contributed by atoms with Gasteiger partial charge in [-0.25, -0.2) is 4.39 Å². The zero-order chi connectivity index (χ0) is 14.0. The summed E-state index contributed by atoms with van der Waals surface area (Å²) >= 11 is 5.54. The van der Waals surface area contributed by atoms with Crippen molar-refractivity contribution in [1.82, 2.24) is 0 Å². The molecule has 98 valence electrons. The van der Waals surface area contributed by atoms with E-state index in [1.54, 1.807) is 19.1 Å². The van der Waals surface area contributed by atoms with Crippen LogP contribution in [0, 0.1) is 12.7 Å². The fourth-order valence-electron chi connectivity index (χ4n) is 1.53. The summed E-state index contributed by atoms with van der Waals surface area (Å²) in [4.78, 5) is 11.9. The van der Waals surface area contributed by atoms with E-state index >= 15 is 0 Å². The van der Waals surface area contributed by atoms with Crippen LogP contribution >= 0.6 is 11.6 Å². The number of hydrogen-bond acceptors (Lipinski definition) is 2. The third-order valence-corrected chi connectivity index (χ3v) is 2.96. The van der Waals surface area contributed by atoms with Crippen LogP contribution in [0.5, 0.6) is 5.75 Å². The molecule has 2 rings (SSSR count). The van der Waals surface area contributed by atoms with Crippen molar-refractivity contribution in [3.8, 4) is 5.75 Å². The number of amides is 1. The molecule has 5 heteroatoms. The number of anilines is 1. The lowest BCUT2D eigenvalue weighted by molar-refractivity contribution is 0.102. The van der Waals surface area contributed by atoms with Crippen molar-refractivity contribution in [2.75, 3.05) is 5.32 Å². The summed E-state index contributed by atoms with van der Waals surface area (Å²) in [7, 11) is 0. The number of aromatic hydroxyl groups is 1. The molecule has 0 unspecified atom stereocenters. The maximum absolute atomic E-state index is 13.2. The lowest BCUT2D eigenvalue weighted by Crippen LogP contribution is -2.12. The average molecular weight is 280 g/mol. The van der Waals surface area contributed by atoms with Gasteiger partial charge < -0.3 is 10.4 Å². The summed E-state index contributed by atoms with van der Waals surface area (Å²) in [6, 6.07) is 8.56. The first kappa shape index (κ1) is 13.4. The number of aryl methyl sites for hydroxylation is 1. The predicted octanol–water partition coefficient (Wildman–Crippen LogP) is 3.75. The Morgan fingerprint density at radius 2 is 2.00 bits per heavy atom. The molecule has 0 radical (unpaired) electrons. The number of rotatable bonds is 2. The molecular formula is C14H11ClFNO2. The third-order valence-electron chi connectivity index (χ3n) is 2.65. The number of phenols is 1. The molecule has 0 aliphatic heterocycles. The Bertz CT molecular complexity index is 643. The Balaban J connectivity index is 2.20. The Labute approximate surface area is 114 Å². The van der Waals surface area contributed by atoms with Crippen molar-refractivity contribution in [1.29, 1.82) is 0 Å². The minimum absolute atomic E-state index is 0.0375. The molecule has 0 atom stereocenters. The van der Waals surface area contributed by atoms with E-state index in [0.29, 0.717) is 11.3 Å². The molecule has 2 N–H and O–H groups in total. The van der Waals surface area contributed by atoms with Crippen LogP contribution in [0.15, 0.2) is 36.4 Å². The summed E-state index contributed by atoms with van der Waals surface area (Å²) in [5, 5.41) is 12.1. The standard InChI is InChI=1S/C14H11ClFNO2/c1-8-2-4-10(7-13(8)18)17-14(19)9-3-5-11(15)12(16)6-9/h2-7,18H,1H3,(H,17,19). The van der Waals surface area contributed by atoms with Crippen LogP contribution in [0.2, 0.25) is 5.02 Å². The molecule has 0 bridgehead atoms. The Kier molecular flexibility index (Phi) is 3.71. The fraction of sp³-hybridized carbons (Fsp3) is 0.0714. The van der Waals surface area contributed by atoms with Gasteiger partial charge in [-0.05, 0) is 36.8 Å². The van der Waals surface area contributed by atoms with Crippen LogP contribution < -0.4 is 5.32 Å². The van der Waals surface area contributed by atoms with E-state index in [2.05, 4.69) is 5.32 Å². The molecule has 0 aromatic heterocycles. The van der Waals surface area contributed by atoms with Crippen molar-refractivity contribution in [2.45, 2.75) is 6.92 Å². The summed E-state index contributed by atoms with van der Waals surface area (Å²) in [6.07, 6.45) is 0. The van der Waals surface area contributed by atoms with Crippen LogP contribution in [0.4, 0.5) is 10.1 Å². The minimum atomic E-state index is -0.652. The van der Waals surface area contributed by atoms with Crippen molar-refractivity contribution in [3.63, 3.8) is 0 Å². The Hall–Kier alpha value is -2.07. The molecule has 2 aromatic carbocycles. The number of carbonyl (C=O) groups excluding carboxylic acids is 1. The van der Waals surface area contributed by atoms with Gasteiger partial charge in [0.1, 0.15) is 11.6 Å². The Morgan fingerprint density at radius 3 is 2.63 bits per heavy atom. The molecule has 3 nitrogen and oxygen atoms in total. The highest BCUT2D eigenvalue weighted by Crippen LogP contribution is 2.22. The molecule has 0 aliphatic rings. The SMILES string of the molecule is Cc1ccc(NC(=O)c2ccc(Cl)c(F)c2)cc1O. The summed E-state index contributed by atoms with van der Waals surface area (Å²) < 4.78 is 13.2. The molecule has 1 amide bonds. The predicted molar refractivity (Wildman–Crippen MR) is 72.2 cm³/mol. The normalized spacial score (nSPS) is 10.3. The highest BCUT2D eigenvalue weighted by molar-refractivity contribution is 6.30. The second-order valence-electron chi connectivity index (χ2n) is 4.08. The largest absolute Gasteiger partial charge is 0.508 e.